The molecule has 0 bridgehead atoms. The smallest absolute Gasteiger partial charge is 0.150 e. The second kappa shape index (κ2) is 8.06. The quantitative estimate of drug-likeness (QED) is 0.681. The highest BCUT2D eigenvalue weighted by Crippen LogP contribution is 2.19. The van der Waals surface area contributed by atoms with Gasteiger partial charge in [-0.25, -0.2) is 12.8 Å². The fourth-order valence-electron chi connectivity index (χ4n) is 2.13. The highest BCUT2D eigenvalue weighted by Gasteiger charge is 2.18. The largest absolute Gasteiger partial charge is 0.381 e. The first-order chi connectivity index (χ1) is 10.1. The van der Waals surface area contributed by atoms with Gasteiger partial charge >= 0.3 is 0 Å². The summed E-state index contributed by atoms with van der Waals surface area (Å²) in [5.41, 5.74) is 0.803. The molecule has 0 spiro atoms. The van der Waals surface area contributed by atoms with Crippen LogP contribution in [0.25, 0.3) is 0 Å². The molecule has 0 aliphatic carbocycles. The minimum absolute atomic E-state index is 0.0374. The van der Waals surface area contributed by atoms with Gasteiger partial charge in [0.25, 0.3) is 0 Å². The Balaban J connectivity index is 2.40. The van der Waals surface area contributed by atoms with Crippen LogP contribution in [0.1, 0.15) is 45.6 Å². The van der Waals surface area contributed by atoms with Crippen molar-refractivity contribution in [3.63, 3.8) is 0 Å². The normalized spacial score (nSPS) is 14.0. The Morgan fingerprint density at radius 1 is 1.27 bits per heavy atom. The van der Waals surface area contributed by atoms with Gasteiger partial charge in [-0.1, -0.05) is 39.8 Å². The maximum Gasteiger partial charge on any atom is 0.150 e. The second-order valence-electron chi connectivity index (χ2n) is 7.04. The lowest BCUT2D eigenvalue weighted by atomic mass is 9.99. The molecular weight excluding hydrogens is 303 g/mol. The molecule has 1 aromatic rings. The van der Waals surface area contributed by atoms with Crippen molar-refractivity contribution in [1.82, 2.24) is 0 Å². The molecule has 5 heteroatoms. The van der Waals surface area contributed by atoms with Gasteiger partial charge in [-0.15, -0.1) is 0 Å². The van der Waals surface area contributed by atoms with Crippen LogP contribution in [0.4, 0.5) is 4.39 Å². The second-order valence-corrected chi connectivity index (χ2v) is 9.27. The van der Waals surface area contributed by atoms with E-state index in [2.05, 4.69) is 20.8 Å². The first kappa shape index (κ1) is 19.1. The van der Waals surface area contributed by atoms with Gasteiger partial charge in [-0.2, -0.15) is 0 Å². The Bertz CT molecular complexity index is 562. The van der Waals surface area contributed by atoms with Crippen LogP contribution in [-0.2, 0) is 14.6 Å². The Labute approximate surface area is 133 Å². The van der Waals surface area contributed by atoms with Crippen molar-refractivity contribution in [2.24, 2.45) is 5.41 Å². The van der Waals surface area contributed by atoms with Gasteiger partial charge in [0.2, 0.25) is 0 Å². The summed E-state index contributed by atoms with van der Waals surface area (Å²) in [5, 5.41) is 0. The van der Waals surface area contributed by atoms with E-state index >= 15 is 0 Å². The summed E-state index contributed by atoms with van der Waals surface area (Å²) in [6.07, 6.45) is 0.494. The summed E-state index contributed by atoms with van der Waals surface area (Å²) < 4.78 is 42.9. The Hall–Kier alpha value is -0.940. The van der Waals surface area contributed by atoms with Crippen molar-refractivity contribution in [2.75, 3.05) is 24.7 Å². The maximum atomic E-state index is 13.2. The van der Waals surface area contributed by atoms with Gasteiger partial charge in [-0.3, -0.25) is 0 Å². The third-order valence-corrected chi connectivity index (χ3v) is 5.12. The number of benzene rings is 1. The molecule has 22 heavy (non-hydrogen) atoms. The van der Waals surface area contributed by atoms with Gasteiger partial charge in [0.1, 0.15) is 5.82 Å². The molecule has 1 rings (SSSR count). The van der Waals surface area contributed by atoms with E-state index in [9.17, 15) is 12.8 Å². The molecule has 0 heterocycles. The van der Waals surface area contributed by atoms with Gasteiger partial charge in [0.05, 0.1) is 18.1 Å². The zero-order valence-electron chi connectivity index (χ0n) is 13.9. The van der Waals surface area contributed by atoms with E-state index in [4.69, 9.17) is 4.74 Å². The van der Waals surface area contributed by atoms with E-state index in [0.717, 1.165) is 0 Å². The Kier molecular flexibility index (Phi) is 7.00. The molecule has 3 nitrogen and oxygen atoms in total. The molecule has 126 valence electrons. The van der Waals surface area contributed by atoms with E-state index in [1.807, 2.05) is 6.92 Å². The number of ether oxygens (including phenoxy) is 1. The minimum atomic E-state index is -3.16. The van der Waals surface area contributed by atoms with Crippen LogP contribution >= 0.6 is 0 Å². The van der Waals surface area contributed by atoms with Crippen LogP contribution in [0.5, 0.6) is 0 Å². The molecule has 0 N–H and O–H groups in total. The molecule has 0 saturated heterocycles. The lowest BCUT2D eigenvalue weighted by Gasteiger charge is -2.18. The Morgan fingerprint density at radius 3 is 2.55 bits per heavy atom. The number of hydrogen-bond acceptors (Lipinski definition) is 3. The minimum Gasteiger partial charge on any atom is -0.381 e. The monoisotopic (exact) mass is 330 g/mol. The summed E-state index contributed by atoms with van der Waals surface area (Å²) in [6.45, 7) is 9.10. The number of halogens is 1. The standard InChI is InChI=1S/C17H27FO3S/c1-14(15-7-5-8-16(18)11-15)12-22(19,20)10-6-9-21-13-17(2,3)4/h5,7-8,11,14H,6,9-10,12-13H2,1-4H3/t14-/m0/s1. The van der Waals surface area contributed by atoms with E-state index in [1.54, 1.807) is 12.1 Å². The highest BCUT2D eigenvalue weighted by molar-refractivity contribution is 7.91. The van der Waals surface area contributed by atoms with Crippen LogP contribution < -0.4 is 0 Å². The predicted molar refractivity (Wildman–Crippen MR) is 88.4 cm³/mol. The maximum absolute atomic E-state index is 13.2. The SMILES string of the molecule is C[C@@H](CS(=O)(=O)CCCOCC(C)(C)C)c1cccc(F)c1. The van der Waals surface area contributed by atoms with E-state index in [0.29, 0.717) is 25.2 Å². The Morgan fingerprint density at radius 2 is 1.95 bits per heavy atom. The number of rotatable bonds is 8. The third-order valence-electron chi connectivity index (χ3n) is 3.20. The van der Waals surface area contributed by atoms with Crippen LogP contribution in [-0.4, -0.2) is 33.1 Å². The number of hydrogen-bond donors (Lipinski definition) is 0. The van der Waals surface area contributed by atoms with Crippen molar-refractivity contribution in [3.05, 3.63) is 35.6 Å². The average Bonchev–Trinajstić information content (AvgIpc) is 2.36. The van der Waals surface area contributed by atoms with Gasteiger partial charge in [-0.05, 0) is 35.4 Å². The predicted octanol–water partition coefficient (Wildman–Crippen LogP) is 3.80. The van der Waals surface area contributed by atoms with Crippen LogP contribution in [0, 0.1) is 11.2 Å². The third kappa shape index (κ3) is 7.90. The first-order valence-electron chi connectivity index (χ1n) is 7.63. The zero-order chi connectivity index (χ0) is 16.8. The highest BCUT2D eigenvalue weighted by atomic mass is 32.2. The molecule has 1 aromatic carbocycles. The van der Waals surface area contributed by atoms with Crippen LogP contribution in [0.15, 0.2) is 24.3 Å². The van der Waals surface area contributed by atoms with Gasteiger partial charge in [0, 0.05) is 6.61 Å². The molecule has 0 unspecified atom stereocenters. The summed E-state index contributed by atoms with van der Waals surface area (Å²) in [6, 6.07) is 6.12. The molecule has 0 fully saturated rings. The van der Waals surface area contributed by atoms with Crippen molar-refractivity contribution in [3.8, 4) is 0 Å². The van der Waals surface area contributed by atoms with Crippen molar-refractivity contribution in [2.45, 2.75) is 40.0 Å². The molecule has 0 aliphatic heterocycles. The molecule has 0 radical (unpaired) electrons. The van der Waals surface area contributed by atoms with Crippen LogP contribution in [0.2, 0.25) is 0 Å². The molecule has 0 aliphatic rings. The van der Waals surface area contributed by atoms with E-state index < -0.39 is 9.84 Å². The fraction of sp³-hybridized carbons (Fsp3) is 0.647. The summed E-state index contributed by atoms with van der Waals surface area (Å²) in [4.78, 5) is 0. The summed E-state index contributed by atoms with van der Waals surface area (Å²) >= 11 is 0. The molecular formula is C17H27FO3S. The molecule has 0 saturated carbocycles. The molecule has 1 atom stereocenters. The first-order valence-corrected chi connectivity index (χ1v) is 9.45. The number of sulfone groups is 1. The zero-order valence-corrected chi connectivity index (χ0v) is 14.7. The van der Waals surface area contributed by atoms with E-state index in [-0.39, 0.29) is 28.7 Å². The lowest BCUT2D eigenvalue weighted by molar-refractivity contribution is 0.0720. The molecule has 0 aromatic heterocycles. The lowest BCUT2D eigenvalue weighted by Crippen LogP contribution is -2.19. The summed E-state index contributed by atoms with van der Waals surface area (Å²) in [5.74, 6) is -0.402. The fourth-order valence-corrected chi connectivity index (χ4v) is 3.81. The van der Waals surface area contributed by atoms with Crippen molar-refractivity contribution >= 4 is 9.84 Å². The van der Waals surface area contributed by atoms with Crippen molar-refractivity contribution in [1.29, 1.82) is 0 Å². The van der Waals surface area contributed by atoms with E-state index in [1.165, 1.54) is 12.1 Å². The summed E-state index contributed by atoms with van der Waals surface area (Å²) in [7, 11) is -3.16. The van der Waals surface area contributed by atoms with Gasteiger partial charge in [0.15, 0.2) is 9.84 Å². The molecule has 0 amide bonds. The van der Waals surface area contributed by atoms with Crippen LogP contribution in [0.3, 0.4) is 0 Å². The topological polar surface area (TPSA) is 43.4 Å². The average molecular weight is 330 g/mol. The van der Waals surface area contributed by atoms with Gasteiger partial charge < -0.3 is 4.74 Å². The van der Waals surface area contributed by atoms with Crippen molar-refractivity contribution < 1.29 is 17.5 Å².